The van der Waals surface area contributed by atoms with Crippen molar-refractivity contribution in [2.45, 2.75) is 39.7 Å². The van der Waals surface area contributed by atoms with Gasteiger partial charge in [0, 0.05) is 73.1 Å². The second-order valence-corrected chi connectivity index (χ2v) is 10.8. The summed E-state index contributed by atoms with van der Waals surface area (Å²) in [6.45, 7) is 9.85. The van der Waals surface area contributed by atoms with Crippen molar-refractivity contribution in [2.75, 3.05) is 32.2 Å². The molecule has 204 valence electrons. The van der Waals surface area contributed by atoms with E-state index >= 15 is 0 Å². The van der Waals surface area contributed by atoms with Crippen LogP contribution in [0.5, 0.6) is 0 Å². The lowest BCUT2D eigenvalue weighted by molar-refractivity contribution is 0.0966. The molecule has 0 radical (unpaired) electrons. The van der Waals surface area contributed by atoms with Crippen LogP contribution in [0.15, 0.2) is 54.1 Å². The van der Waals surface area contributed by atoms with E-state index in [1.165, 1.54) is 0 Å². The summed E-state index contributed by atoms with van der Waals surface area (Å²) in [7, 11) is 5.94. The predicted octanol–water partition coefficient (Wildman–Crippen LogP) is 2.27. The molecule has 1 atom stereocenters. The molecule has 1 aromatic heterocycles. The third-order valence-corrected chi connectivity index (χ3v) is 7.36. The molecule has 10 heteroatoms. The number of nitrogens with two attached hydrogens (primary N) is 1. The van der Waals surface area contributed by atoms with Crippen molar-refractivity contribution >= 4 is 17.3 Å². The van der Waals surface area contributed by atoms with Gasteiger partial charge < -0.3 is 26.7 Å². The van der Waals surface area contributed by atoms with Gasteiger partial charge in [0.25, 0.3) is 5.91 Å². The third kappa shape index (κ3) is 5.93. The topological polar surface area (TPSA) is 116 Å². The molecule has 1 aliphatic heterocycles. The quantitative estimate of drug-likeness (QED) is 0.343. The Morgan fingerprint density at radius 3 is 2.74 bits per heavy atom. The molecule has 38 heavy (non-hydrogen) atoms. The number of likely N-dealkylation sites (N-methyl/N-ethyl adjacent to an activating group) is 2. The van der Waals surface area contributed by atoms with Crippen LogP contribution in [0.1, 0.15) is 47.4 Å². The molecule has 4 rings (SSSR count). The van der Waals surface area contributed by atoms with Crippen LogP contribution in [-0.2, 0) is 7.05 Å². The first kappa shape index (κ1) is 27.4. The number of rotatable bonds is 9. The number of nitrogens with zero attached hydrogens (tertiary/aromatic N) is 4. The van der Waals surface area contributed by atoms with Crippen molar-refractivity contribution in [1.29, 1.82) is 0 Å². The fraction of sp³-hybridized carbons (Fsp3) is 0.429. The van der Waals surface area contributed by atoms with Gasteiger partial charge in [0.2, 0.25) is 0 Å². The second-order valence-electron chi connectivity index (χ2n) is 10.8. The van der Waals surface area contributed by atoms with E-state index in [4.69, 9.17) is 5.73 Å². The minimum Gasteiger partial charge on any atom is -0.377 e. The molecule has 0 fully saturated rings. The number of benzene rings is 1. The van der Waals surface area contributed by atoms with Crippen molar-refractivity contribution < 1.29 is 4.79 Å². The Balaban J connectivity index is 1.56. The van der Waals surface area contributed by atoms with Crippen LogP contribution < -0.4 is 32.3 Å². The first-order valence-electron chi connectivity index (χ1n) is 13.0. The molecule has 1 amide bonds. The van der Waals surface area contributed by atoms with Gasteiger partial charge in [-0.1, -0.05) is 12.1 Å². The van der Waals surface area contributed by atoms with E-state index < -0.39 is 5.54 Å². The summed E-state index contributed by atoms with van der Waals surface area (Å²) >= 11 is 0. The zero-order chi connectivity index (χ0) is 27.6. The van der Waals surface area contributed by atoms with Crippen LogP contribution in [0.2, 0.25) is 0 Å². The van der Waals surface area contributed by atoms with E-state index in [2.05, 4.69) is 50.8 Å². The van der Waals surface area contributed by atoms with Crippen molar-refractivity contribution in [2.24, 2.45) is 18.7 Å². The highest BCUT2D eigenvalue weighted by Gasteiger charge is 2.29. The normalized spacial score (nSPS) is 17.5. The second kappa shape index (κ2) is 11.0. The number of hydrogen-bond donors (Lipinski definition) is 5. The molecule has 1 aliphatic carbocycles. The van der Waals surface area contributed by atoms with Gasteiger partial charge in [-0.15, -0.1) is 5.53 Å². The molecule has 0 bridgehead atoms. The van der Waals surface area contributed by atoms with Crippen LogP contribution >= 0.6 is 0 Å². The third-order valence-electron chi connectivity index (χ3n) is 7.36. The number of aryl methyl sites for hydroxylation is 2. The molecule has 0 saturated carbocycles. The van der Waals surface area contributed by atoms with Crippen LogP contribution in [0, 0.1) is 19.8 Å². The average Bonchev–Trinajstić information content (AvgIpc) is 3.48. The Morgan fingerprint density at radius 1 is 1.32 bits per heavy atom. The first-order valence-corrected chi connectivity index (χ1v) is 13.0. The molecule has 0 spiro atoms. The molecule has 1 unspecified atom stereocenters. The van der Waals surface area contributed by atoms with Crippen LogP contribution in [0.4, 0.5) is 5.69 Å². The highest BCUT2D eigenvalue weighted by molar-refractivity contribution is 5.97. The number of hydrogen-bond acceptors (Lipinski definition) is 8. The molecule has 10 nitrogen and oxygen atoms in total. The van der Waals surface area contributed by atoms with Crippen LogP contribution in [0.25, 0.3) is 5.70 Å². The largest absolute Gasteiger partial charge is 0.377 e. The number of carbonyl (C=O) groups is 1. The maximum atomic E-state index is 13.4. The molecule has 2 heterocycles. The minimum absolute atomic E-state index is 0.0998. The van der Waals surface area contributed by atoms with Gasteiger partial charge in [-0.3, -0.25) is 14.5 Å². The fourth-order valence-electron chi connectivity index (χ4n) is 4.59. The van der Waals surface area contributed by atoms with E-state index in [1.807, 2.05) is 82.1 Å². The van der Waals surface area contributed by atoms with E-state index in [1.54, 1.807) is 0 Å². The Kier molecular flexibility index (Phi) is 7.96. The number of allylic oxidation sites excluding steroid dienone is 2. The van der Waals surface area contributed by atoms with Crippen molar-refractivity contribution in [1.82, 2.24) is 36.3 Å². The van der Waals surface area contributed by atoms with Gasteiger partial charge in [0.15, 0.2) is 0 Å². The lowest BCUT2D eigenvalue weighted by Gasteiger charge is -2.35. The monoisotopic (exact) mass is 519 g/mol. The van der Waals surface area contributed by atoms with E-state index in [-0.39, 0.29) is 11.8 Å². The first-order chi connectivity index (χ1) is 18.0. The number of amides is 1. The number of hydrazine groups is 2. The molecule has 2 aromatic rings. The van der Waals surface area contributed by atoms with Gasteiger partial charge >= 0.3 is 0 Å². The van der Waals surface area contributed by atoms with E-state index in [0.29, 0.717) is 5.56 Å². The minimum atomic E-state index is -0.415. The van der Waals surface area contributed by atoms with Crippen LogP contribution in [0.3, 0.4) is 0 Å². The maximum absolute atomic E-state index is 13.4. The lowest BCUT2D eigenvalue weighted by Crippen LogP contribution is -2.43. The summed E-state index contributed by atoms with van der Waals surface area (Å²) in [6, 6.07) is 5.71. The number of aromatic nitrogens is 2. The molecular formula is C28H41N9O. The van der Waals surface area contributed by atoms with Gasteiger partial charge in [-0.2, -0.15) is 5.10 Å². The summed E-state index contributed by atoms with van der Waals surface area (Å²) < 4.78 is 1.84. The van der Waals surface area contributed by atoms with Gasteiger partial charge in [-0.05, 0) is 64.9 Å². The summed E-state index contributed by atoms with van der Waals surface area (Å²) in [4.78, 5) is 15.6. The fourth-order valence-corrected chi connectivity index (χ4v) is 4.59. The highest BCUT2D eigenvalue weighted by atomic mass is 16.1. The summed E-state index contributed by atoms with van der Waals surface area (Å²) in [5.41, 5.74) is 19.9. The zero-order valence-corrected chi connectivity index (χ0v) is 23.5. The number of anilines is 1. The highest BCUT2D eigenvalue weighted by Crippen LogP contribution is 2.31. The van der Waals surface area contributed by atoms with Gasteiger partial charge in [-0.25, -0.2) is 0 Å². The summed E-state index contributed by atoms with van der Waals surface area (Å²) in [5.74, 6) is -0.0660. The predicted molar refractivity (Wildman–Crippen MR) is 152 cm³/mol. The average molecular weight is 520 g/mol. The van der Waals surface area contributed by atoms with Crippen LogP contribution in [-0.4, -0.2) is 53.3 Å². The van der Waals surface area contributed by atoms with E-state index in [9.17, 15) is 4.79 Å². The number of nitrogens with one attached hydrogen (secondary N) is 4. The summed E-state index contributed by atoms with van der Waals surface area (Å²) in [6.07, 6.45) is 8.78. The van der Waals surface area contributed by atoms with Crippen molar-refractivity contribution in [3.63, 3.8) is 0 Å². The van der Waals surface area contributed by atoms with Crippen molar-refractivity contribution in [3.8, 4) is 0 Å². The van der Waals surface area contributed by atoms with Gasteiger partial charge in [0.05, 0.1) is 17.6 Å². The Morgan fingerprint density at radius 2 is 2.08 bits per heavy atom. The standard InChI is InChI=1S/C28H41N9O/c1-18-8-9-20(12-26(18)37-17-25(33-34-37)24-16-31-36(7)19(24)2)27(38)32-22-13-21(28(3,4)29)14-23(15-22)35(6)11-10-30-5/h8-9,12-13,15-17,21,30,33-34H,10-11,14,29H2,1-7H3,(H,32,38). The number of carbonyl (C=O) groups excluding carboxylic acids is 1. The SMILES string of the molecule is CNCCN(C)C1=CC(NC(=O)c2ccc(C)c(N3C=C(c4cnn(C)c4C)NN3)c2)=CC(C(C)(C)N)C1. The smallest absolute Gasteiger partial charge is 0.255 e. The van der Waals surface area contributed by atoms with E-state index in [0.717, 1.165) is 59.1 Å². The van der Waals surface area contributed by atoms with Crippen molar-refractivity contribution in [3.05, 3.63) is 76.5 Å². The zero-order valence-electron chi connectivity index (χ0n) is 23.5. The maximum Gasteiger partial charge on any atom is 0.255 e. The summed E-state index contributed by atoms with van der Waals surface area (Å²) in [5, 5.41) is 12.5. The molecule has 1 aromatic carbocycles. The molecular weight excluding hydrogens is 478 g/mol. The molecule has 6 N–H and O–H groups in total. The Bertz CT molecular complexity index is 1280. The molecule has 2 aliphatic rings. The Labute approximate surface area is 225 Å². The Hall–Kier alpha value is -3.60. The lowest BCUT2D eigenvalue weighted by atomic mass is 9.81. The molecule has 0 saturated heterocycles. The van der Waals surface area contributed by atoms with Gasteiger partial charge in [0.1, 0.15) is 0 Å².